The smallest absolute Gasteiger partial charge is 0.164 e. The standard InChI is InChI=1S/C57H35N5O/c1-4-14-36(15-5-1)37-24-28-41(29-25-37)61-49-22-12-10-20-43(49)45-32-34-47-48-35-33-46-44-21-11-13-23-50(44)62(52(46)54(48)63-53(47)51(45)61)42-30-26-40(27-31-42)57-59-55(38-16-6-2-7-17-38)58-56(60-57)39-18-8-3-9-19-39/h1-35H. The quantitative estimate of drug-likeness (QED) is 0.168. The molecule has 0 aliphatic heterocycles. The maximum Gasteiger partial charge on any atom is 0.164 e. The van der Waals surface area contributed by atoms with Gasteiger partial charge in [0.15, 0.2) is 28.6 Å². The minimum atomic E-state index is 0.616. The van der Waals surface area contributed by atoms with Crippen molar-refractivity contribution in [1.82, 2.24) is 24.1 Å². The third kappa shape index (κ3) is 5.55. The highest BCUT2D eigenvalue weighted by atomic mass is 16.3. The molecule has 0 fully saturated rings. The van der Waals surface area contributed by atoms with Crippen molar-refractivity contribution in [3.05, 3.63) is 212 Å². The van der Waals surface area contributed by atoms with Crippen LogP contribution in [0.15, 0.2) is 217 Å². The van der Waals surface area contributed by atoms with Crippen LogP contribution < -0.4 is 0 Å². The maximum atomic E-state index is 7.29. The van der Waals surface area contributed by atoms with E-state index in [1.54, 1.807) is 0 Å². The van der Waals surface area contributed by atoms with Gasteiger partial charge in [0, 0.05) is 60.4 Å². The molecule has 0 saturated heterocycles. The Hall–Kier alpha value is -8.61. The lowest BCUT2D eigenvalue weighted by Crippen LogP contribution is -2.00. The molecular formula is C57H35N5O. The average Bonchev–Trinajstić information content (AvgIpc) is 4.03. The molecule has 63 heavy (non-hydrogen) atoms. The minimum Gasteiger partial charge on any atom is -0.452 e. The zero-order valence-electron chi connectivity index (χ0n) is 33.9. The summed E-state index contributed by atoms with van der Waals surface area (Å²) in [6.45, 7) is 0. The molecule has 0 amide bonds. The Morgan fingerprint density at radius 3 is 1.05 bits per heavy atom. The third-order valence-electron chi connectivity index (χ3n) is 12.4. The number of fused-ring (bicyclic) bond motifs is 11. The van der Waals surface area contributed by atoms with E-state index < -0.39 is 0 Å². The highest BCUT2D eigenvalue weighted by Crippen LogP contribution is 2.44. The van der Waals surface area contributed by atoms with Crippen LogP contribution in [0.3, 0.4) is 0 Å². The molecule has 4 aromatic heterocycles. The Morgan fingerprint density at radius 2 is 0.603 bits per heavy atom. The normalized spacial score (nSPS) is 11.8. The van der Waals surface area contributed by atoms with Gasteiger partial charge < -0.3 is 13.6 Å². The summed E-state index contributed by atoms with van der Waals surface area (Å²) in [4.78, 5) is 14.9. The zero-order chi connectivity index (χ0) is 41.4. The van der Waals surface area contributed by atoms with E-state index in [1.807, 2.05) is 60.7 Å². The first-order chi connectivity index (χ1) is 31.2. The van der Waals surface area contributed by atoms with Crippen LogP contribution in [-0.4, -0.2) is 24.1 Å². The van der Waals surface area contributed by atoms with Crippen molar-refractivity contribution >= 4 is 65.6 Å². The Bertz CT molecular complexity index is 3810. The highest BCUT2D eigenvalue weighted by Gasteiger charge is 2.23. The lowest BCUT2D eigenvalue weighted by molar-refractivity contribution is 0.673. The molecule has 6 nitrogen and oxygen atoms in total. The summed E-state index contributed by atoms with van der Waals surface area (Å²) in [5.74, 6) is 1.89. The summed E-state index contributed by atoms with van der Waals surface area (Å²) in [6, 6.07) is 74.3. The predicted octanol–water partition coefficient (Wildman–Crippen LogP) is 14.6. The maximum absolute atomic E-state index is 7.29. The van der Waals surface area contributed by atoms with Crippen molar-refractivity contribution < 1.29 is 4.42 Å². The van der Waals surface area contributed by atoms with Gasteiger partial charge in [-0.2, -0.15) is 0 Å². The molecule has 0 unspecified atom stereocenters. The van der Waals surface area contributed by atoms with Crippen molar-refractivity contribution in [2.75, 3.05) is 0 Å². The molecule has 0 N–H and O–H groups in total. The summed E-state index contributed by atoms with van der Waals surface area (Å²) < 4.78 is 12.0. The molecule has 0 saturated carbocycles. The second kappa shape index (κ2) is 14.0. The largest absolute Gasteiger partial charge is 0.452 e. The molecule has 0 radical (unpaired) electrons. The van der Waals surface area contributed by atoms with E-state index in [0.717, 1.165) is 88.2 Å². The Balaban J connectivity index is 1.01. The van der Waals surface area contributed by atoms with E-state index in [9.17, 15) is 0 Å². The Kier molecular flexibility index (Phi) is 7.80. The van der Waals surface area contributed by atoms with E-state index >= 15 is 0 Å². The second-order valence-corrected chi connectivity index (χ2v) is 16.0. The van der Waals surface area contributed by atoms with Gasteiger partial charge >= 0.3 is 0 Å². The van der Waals surface area contributed by atoms with Crippen LogP contribution >= 0.6 is 0 Å². The molecular weight excluding hydrogens is 771 g/mol. The van der Waals surface area contributed by atoms with Crippen LogP contribution in [0.1, 0.15) is 0 Å². The van der Waals surface area contributed by atoms with Crippen molar-refractivity contribution in [3.8, 4) is 56.7 Å². The SMILES string of the molecule is c1ccc(-c2ccc(-n3c4ccccc4c4ccc5c6ccc7c8ccccc8n(-c8ccc(-c9nc(-c%10ccccc%10)nc(-c%10ccccc%10)n9)cc8)c7c6oc5c43)cc2)cc1. The Labute approximate surface area is 361 Å². The van der Waals surface area contributed by atoms with Crippen molar-refractivity contribution in [2.45, 2.75) is 0 Å². The van der Waals surface area contributed by atoms with Crippen LogP contribution in [0.5, 0.6) is 0 Å². The topological polar surface area (TPSA) is 61.7 Å². The van der Waals surface area contributed by atoms with Gasteiger partial charge in [0.2, 0.25) is 0 Å². The molecule has 4 heterocycles. The number of benzene rings is 9. The summed E-state index contributed by atoms with van der Waals surface area (Å²) >= 11 is 0. The van der Waals surface area contributed by atoms with E-state index in [-0.39, 0.29) is 0 Å². The molecule has 0 spiro atoms. The summed E-state index contributed by atoms with van der Waals surface area (Å²) in [6.07, 6.45) is 0. The van der Waals surface area contributed by atoms with Gasteiger partial charge in [-0.05, 0) is 71.8 Å². The molecule has 0 aliphatic carbocycles. The molecule has 6 heteroatoms. The fourth-order valence-electron chi connectivity index (χ4n) is 9.45. The first-order valence-electron chi connectivity index (χ1n) is 21.2. The molecule has 9 aromatic carbocycles. The fraction of sp³-hybridized carbons (Fsp3) is 0. The number of nitrogens with zero attached hydrogens (tertiary/aromatic N) is 5. The number of aromatic nitrogens is 5. The van der Waals surface area contributed by atoms with E-state index in [4.69, 9.17) is 19.4 Å². The average molecular weight is 806 g/mol. The van der Waals surface area contributed by atoms with Gasteiger partial charge in [0.1, 0.15) is 0 Å². The van der Waals surface area contributed by atoms with Gasteiger partial charge in [0.25, 0.3) is 0 Å². The molecule has 13 aromatic rings. The van der Waals surface area contributed by atoms with Crippen LogP contribution in [-0.2, 0) is 0 Å². The monoisotopic (exact) mass is 805 g/mol. The zero-order valence-corrected chi connectivity index (χ0v) is 33.9. The molecule has 0 aliphatic rings. The van der Waals surface area contributed by atoms with Crippen LogP contribution in [0, 0.1) is 0 Å². The summed E-state index contributed by atoms with van der Waals surface area (Å²) in [5.41, 5.74) is 13.3. The van der Waals surface area contributed by atoms with Crippen molar-refractivity contribution in [1.29, 1.82) is 0 Å². The van der Waals surface area contributed by atoms with E-state index in [1.165, 1.54) is 16.5 Å². The second-order valence-electron chi connectivity index (χ2n) is 16.0. The third-order valence-corrected chi connectivity index (χ3v) is 12.4. The molecule has 0 bridgehead atoms. The van der Waals surface area contributed by atoms with Gasteiger partial charge in [0.05, 0.1) is 22.1 Å². The predicted molar refractivity (Wildman–Crippen MR) is 258 cm³/mol. The van der Waals surface area contributed by atoms with Crippen molar-refractivity contribution in [3.63, 3.8) is 0 Å². The molecule has 13 rings (SSSR count). The summed E-state index contributed by atoms with van der Waals surface area (Å²) in [7, 11) is 0. The van der Waals surface area contributed by atoms with Crippen molar-refractivity contribution in [2.24, 2.45) is 0 Å². The van der Waals surface area contributed by atoms with Gasteiger partial charge in [-0.25, -0.2) is 15.0 Å². The number of furan rings is 1. The minimum absolute atomic E-state index is 0.616. The fourth-order valence-corrected chi connectivity index (χ4v) is 9.45. The molecule has 0 atom stereocenters. The first kappa shape index (κ1) is 35.2. The lowest BCUT2D eigenvalue weighted by atomic mass is 10.1. The lowest BCUT2D eigenvalue weighted by Gasteiger charge is -2.11. The van der Waals surface area contributed by atoms with E-state index in [2.05, 4.69) is 161 Å². The van der Waals surface area contributed by atoms with Gasteiger partial charge in [-0.1, -0.05) is 152 Å². The van der Waals surface area contributed by atoms with Crippen LogP contribution in [0.4, 0.5) is 0 Å². The van der Waals surface area contributed by atoms with Gasteiger partial charge in [-0.3, -0.25) is 0 Å². The highest BCUT2D eigenvalue weighted by molar-refractivity contribution is 6.26. The van der Waals surface area contributed by atoms with Gasteiger partial charge in [-0.15, -0.1) is 0 Å². The number of rotatable bonds is 6. The first-order valence-corrected chi connectivity index (χ1v) is 21.2. The summed E-state index contributed by atoms with van der Waals surface area (Å²) in [5, 5.41) is 6.78. The van der Waals surface area contributed by atoms with Crippen LogP contribution in [0.25, 0.3) is 122 Å². The van der Waals surface area contributed by atoms with E-state index in [0.29, 0.717) is 17.5 Å². The molecule has 294 valence electrons. The number of hydrogen-bond donors (Lipinski definition) is 0. The van der Waals surface area contributed by atoms with Crippen LogP contribution in [0.2, 0.25) is 0 Å². The number of para-hydroxylation sites is 2. The Morgan fingerprint density at radius 1 is 0.270 bits per heavy atom. The number of hydrogen-bond acceptors (Lipinski definition) is 4.